The standard InChI is InChI=1S/C18H20N2O4/c1-10(21)20(2)14-7-5-13(6-8-14)19-17(22)15-11-3-4-12(9-11)16(15)18(23)24/h3-8,11-12,15-16H,9H2,1-2H3,(H,19,22)(H,23,24)/t11-,12+,15+,16+/m1/s1. The van der Waals surface area contributed by atoms with Crippen molar-refractivity contribution in [3.05, 3.63) is 36.4 Å². The van der Waals surface area contributed by atoms with Crippen LogP contribution in [-0.4, -0.2) is 29.9 Å². The molecular formula is C18H20N2O4. The molecule has 0 saturated heterocycles. The molecule has 2 bridgehead atoms. The first-order valence-electron chi connectivity index (χ1n) is 7.95. The number of carbonyl (C=O) groups is 3. The van der Waals surface area contributed by atoms with Crippen molar-refractivity contribution in [2.45, 2.75) is 13.3 Å². The van der Waals surface area contributed by atoms with E-state index in [4.69, 9.17) is 0 Å². The molecule has 2 aliphatic carbocycles. The van der Waals surface area contributed by atoms with Crippen molar-refractivity contribution in [3.63, 3.8) is 0 Å². The average molecular weight is 328 g/mol. The van der Waals surface area contributed by atoms with E-state index in [0.717, 1.165) is 12.1 Å². The van der Waals surface area contributed by atoms with E-state index in [0.29, 0.717) is 5.69 Å². The highest BCUT2D eigenvalue weighted by Gasteiger charge is 2.51. The first-order valence-corrected chi connectivity index (χ1v) is 7.95. The number of carboxylic acids is 1. The average Bonchev–Trinajstić information content (AvgIpc) is 3.15. The molecule has 2 N–H and O–H groups in total. The van der Waals surface area contributed by atoms with E-state index in [1.165, 1.54) is 11.8 Å². The van der Waals surface area contributed by atoms with Crippen LogP contribution in [0.15, 0.2) is 36.4 Å². The van der Waals surface area contributed by atoms with Crippen molar-refractivity contribution < 1.29 is 19.5 Å². The van der Waals surface area contributed by atoms with E-state index in [1.807, 2.05) is 12.2 Å². The molecular weight excluding hydrogens is 308 g/mol. The van der Waals surface area contributed by atoms with Gasteiger partial charge in [-0.25, -0.2) is 0 Å². The number of nitrogens with zero attached hydrogens (tertiary/aromatic N) is 1. The molecule has 126 valence electrons. The number of rotatable bonds is 4. The Hall–Kier alpha value is -2.63. The van der Waals surface area contributed by atoms with E-state index in [1.54, 1.807) is 31.3 Å². The van der Waals surface area contributed by atoms with Crippen LogP contribution in [0.4, 0.5) is 11.4 Å². The van der Waals surface area contributed by atoms with Crippen molar-refractivity contribution in [3.8, 4) is 0 Å². The monoisotopic (exact) mass is 328 g/mol. The largest absolute Gasteiger partial charge is 0.481 e. The lowest BCUT2D eigenvalue weighted by atomic mass is 9.82. The van der Waals surface area contributed by atoms with Crippen LogP contribution in [0, 0.1) is 23.7 Å². The van der Waals surface area contributed by atoms with Gasteiger partial charge in [-0.3, -0.25) is 14.4 Å². The third kappa shape index (κ3) is 2.79. The lowest BCUT2D eigenvalue weighted by Crippen LogP contribution is -2.36. The van der Waals surface area contributed by atoms with Gasteiger partial charge in [0.2, 0.25) is 11.8 Å². The number of amides is 2. The first-order chi connectivity index (χ1) is 11.4. The molecule has 0 radical (unpaired) electrons. The molecule has 3 rings (SSSR count). The molecule has 0 aromatic heterocycles. The molecule has 1 aromatic carbocycles. The summed E-state index contributed by atoms with van der Waals surface area (Å²) in [5.41, 5.74) is 1.32. The molecule has 6 nitrogen and oxygen atoms in total. The van der Waals surface area contributed by atoms with Crippen LogP contribution in [0.3, 0.4) is 0 Å². The number of hydrogen-bond donors (Lipinski definition) is 2. The molecule has 0 unspecified atom stereocenters. The zero-order chi connectivity index (χ0) is 17.4. The van der Waals surface area contributed by atoms with Gasteiger partial charge in [-0.15, -0.1) is 0 Å². The highest BCUT2D eigenvalue weighted by molar-refractivity contribution is 5.97. The molecule has 0 aliphatic heterocycles. The third-order valence-corrected chi connectivity index (χ3v) is 5.04. The number of carboxylic acid groups (broad SMARTS) is 1. The predicted molar refractivity (Wildman–Crippen MR) is 89.5 cm³/mol. The molecule has 24 heavy (non-hydrogen) atoms. The van der Waals surface area contributed by atoms with Gasteiger partial charge in [-0.1, -0.05) is 12.2 Å². The van der Waals surface area contributed by atoms with Gasteiger partial charge in [-0.2, -0.15) is 0 Å². The Balaban J connectivity index is 1.72. The maximum absolute atomic E-state index is 12.6. The van der Waals surface area contributed by atoms with Crippen LogP contribution in [-0.2, 0) is 14.4 Å². The summed E-state index contributed by atoms with van der Waals surface area (Å²) >= 11 is 0. The number of aliphatic carboxylic acids is 1. The van der Waals surface area contributed by atoms with Crippen molar-refractivity contribution in [1.82, 2.24) is 0 Å². The van der Waals surface area contributed by atoms with E-state index >= 15 is 0 Å². The summed E-state index contributed by atoms with van der Waals surface area (Å²) in [6.07, 6.45) is 4.61. The van der Waals surface area contributed by atoms with E-state index in [2.05, 4.69) is 5.32 Å². The topological polar surface area (TPSA) is 86.7 Å². The summed E-state index contributed by atoms with van der Waals surface area (Å²) < 4.78 is 0. The van der Waals surface area contributed by atoms with Gasteiger partial charge in [0, 0.05) is 25.3 Å². The molecule has 4 atom stereocenters. The fourth-order valence-corrected chi connectivity index (χ4v) is 3.69. The Kier molecular flexibility index (Phi) is 4.13. The molecule has 2 aliphatic rings. The van der Waals surface area contributed by atoms with Crippen LogP contribution in [0.25, 0.3) is 0 Å². The molecule has 0 heterocycles. The smallest absolute Gasteiger partial charge is 0.307 e. The zero-order valence-corrected chi connectivity index (χ0v) is 13.6. The minimum atomic E-state index is -0.912. The van der Waals surface area contributed by atoms with Crippen molar-refractivity contribution in [1.29, 1.82) is 0 Å². The second kappa shape index (κ2) is 6.11. The second-order valence-corrected chi connectivity index (χ2v) is 6.45. The van der Waals surface area contributed by atoms with Gasteiger partial charge >= 0.3 is 5.97 Å². The number of hydrogen-bond acceptors (Lipinski definition) is 3. The Morgan fingerprint density at radius 1 is 1.08 bits per heavy atom. The first kappa shape index (κ1) is 16.2. The summed E-state index contributed by atoms with van der Waals surface area (Å²) in [5, 5.41) is 12.2. The zero-order valence-electron chi connectivity index (χ0n) is 13.6. The fourth-order valence-electron chi connectivity index (χ4n) is 3.69. The third-order valence-electron chi connectivity index (χ3n) is 5.04. The van der Waals surface area contributed by atoms with Gasteiger partial charge in [0.05, 0.1) is 11.8 Å². The van der Waals surface area contributed by atoms with Gasteiger partial charge in [-0.05, 0) is 42.5 Å². The van der Waals surface area contributed by atoms with Gasteiger partial charge in [0.15, 0.2) is 0 Å². The minimum absolute atomic E-state index is 0.000723. The summed E-state index contributed by atoms with van der Waals surface area (Å²) in [6, 6.07) is 6.91. The number of fused-ring (bicyclic) bond motifs is 2. The van der Waals surface area contributed by atoms with Crippen LogP contribution in [0.5, 0.6) is 0 Å². The highest BCUT2D eigenvalue weighted by atomic mass is 16.4. The van der Waals surface area contributed by atoms with E-state index in [-0.39, 0.29) is 23.7 Å². The molecule has 1 saturated carbocycles. The Bertz CT molecular complexity index is 710. The number of anilines is 2. The lowest BCUT2D eigenvalue weighted by molar-refractivity contribution is -0.146. The number of benzene rings is 1. The summed E-state index contributed by atoms with van der Waals surface area (Å²) in [7, 11) is 1.68. The Labute approximate surface area is 140 Å². The molecule has 1 fully saturated rings. The minimum Gasteiger partial charge on any atom is -0.481 e. The molecule has 0 spiro atoms. The van der Waals surface area contributed by atoms with Gasteiger partial charge < -0.3 is 15.3 Å². The maximum Gasteiger partial charge on any atom is 0.307 e. The van der Waals surface area contributed by atoms with E-state index < -0.39 is 17.8 Å². The van der Waals surface area contributed by atoms with Gasteiger partial charge in [0.1, 0.15) is 0 Å². The van der Waals surface area contributed by atoms with Crippen molar-refractivity contribution in [2.75, 3.05) is 17.3 Å². The number of nitrogens with one attached hydrogen (secondary N) is 1. The molecule has 1 aromatic rings. The van der Waals surface area contributed by atoms with Crippen molar-refractivity contribution >= 4 is 29.2 Å². The second-order valence-electron chi connectivity index (χ2n) is 6.45. The summed E-state index contributed by atoms with van der Waals surface area (Å²) in [4.78, 5) is 36.9. The van der Waals surface area contributed by atoms with E-state index in [9.17, 15) is 19.5 Å². The maximum atomic E-state index is 12.6. The Morgan fingerprint density at radius 3 is 2.21 bits per heavy atom. The fraction of sp³-hybridized carbons (Fsp3) is 0.389. The van der Waals surface area contributed by atoms with Gasteiger partial charge in [0.25, 0.3) is 0 Å². The molecule has 6 heteroatoms. The summed E-state index contributed by atoms with van der Waals surface area (Å²) in [6.45, 7) is 1.48. The van der Waals surface area contributed by atoms with Crippen LogP contribution >= 0.6 is 0 Å². The highest BCUT2D eigenvalue weighted by Crippen LogP contribution is 2.48. The number of allylic oxidation sites excluding steroid dienone is 2. The number of carbonyl (C=O) groups excluding carboxylic acids is 2. The Morgan fingerprint density at radius 2 is 1.67 bits per heavy atom. The van der Waals surface area contributed by atoms with Crippen LogP contribution in [0.1, 0.15) is 13.3 Å². The molecule has 2 amide bonds. The van der Waals surface area contributed by atoms with Crippen molar-refractivity contribution in [2.24, 2.45) is 23.7 Å². The van der Waals surface area contributed by atoms with Crippen LogP contribution in [0.2, 0.25) is 0 Å². The predicted octanol–water partition coefficient (Wildman–Crippen LogP) is 2.13. The quantitative estimate of drug-likeness (QED) is 0.829. The SMILES string of the molecule is CC(=O)N(C)c1ccc(NC(=O)[C@@H]2[C@@H](C(=O)O)[C@H]3C=C[C@@H]2C3)cc1. The van der Waals surface area contributed by atoms with Crippen LogP contribution < -0.4 is 10.2 Å². The normalized spacial score (nSPS) is 27.1. The lowest BCUT2D eigenvalue weighted by Gasteiger charge is -2.24. The summed E-state index contributed by atoms with van der Waals surface area (Å²) in [5.74, 6) is -2.48.